The smallest absolute Gasteiger partial charge is 0.251 e. The fourth-order valence-corrected chi connectivity index (χ4v) is 3.32. The van der Waals surface area contributed by atoms with Gasteiger partial charge in [0.05, 0.1) is 12.1 Å². The van der Waals surface area contributed by atoms with Crippen molar-refractivity contribution in [3.8, 4) is 0 Å². The molecular weight excluding hydrogens is 346 g/mol. The van der Waals surface area contributed by atoms with Crippen LogP contribution in [0.15, 0.2) is 35.7 Å². The highest BCUT2D eigenvalue weighted by Crippen LogP contribution is 2.24. The number of nitrogens with one attached hydrogen (secondary N) is 2. The Morgan fingerprint density at radius 2 is 1.88 bits per heavy atom. The van der Waals surface area contributed by atoms with Crippen LogP contribution in [0.3, 0.4) is 0 Å². The highest BCUT2D eigenvalue weighted by Gasteiger charge is 2.18. The van der Waals surface area contributed by atoms with Gasteiger partial charge in [0.25, 0.3) is 5.91 Å². The third-order valence-corrected chi connectivity index (χ3v) is 4.64. The first-order chi connectivity index (χ1) is 11.4. The average Bonchev–Trinajstić information content (AvgIpc) is 2.97. The van der Waals surface area contributed by atoms with Gasteiger partial charge in [0.1, 0.15) is 5.00 Å². The summed E-state index contributed by atoms with van der Waals surface area (Å²) in [5.41, 5.74) is 6.67. The van der Waals surface area contributed by atoms with Crippen LogP contribution in [0.2, 0.25) is 5.02 Å². The molecule has 0 fully saturated rings. The van der Waals surface area contributed by atoms with Gasteiger partial charge in [0.2, 0.25) is 5.91 Å². The second kappa shape index (κ2) is 8.28. The SMILES string of the molecule is CC(C)C(NCC(=O)Nc1sccc1C(N)=O)c1ccc(Cl)cc1. The van der Waals surface area contributed by atoms with E-state index in [1.807, 2.05) is 24.3 Å². The highest BCUT2D eigenvalue weighted by molar-refractivity contribution is 7.14. The standard InChI is InChI=1S/C17H20ClN3O2S/c1-10(2)15(11-3-5-12(18)6-4-11)20-9-14(22)21-17-13(16(19)23)7-8-24-17/h3-8,10,15,20H,9H2,1-2H3,(H2,19,23)(H,21,22). The van der Waals surface area contributed by atoms with E-state index in [9.17, 15) is 9.59 Å². The van der Waals surface area contributed by atoms with E-state index in [2.05, 4.69) is 24.5 Å². The summed E-state index contributed by atoms with van der Waals surface area (Å²) in [6.07, 6.45) is 0. The van der Waals surface area contributed by atoms with Crippen LogP contribution in [0, 0.1) is 5.92 Å². The molecule has 1 aromatic carbocycles. The molecular formula is C17H20ClN3O2S. The molecule has 0 saturated heterocycles. The molecule has 2 rings (SSSR count). The second-order valence-electron chi connectivity index (χ2n) is 5.73. The molecule has 4 N–H and O–H groups in total. The van der Waals surface area contributed by atoms with Gasteiger partial charge in [0.15, 0.2) is 0 Å². The maximum atomic E-state index is 12.2. The number of primary amides is 1. The van der Waals surface area contributed by atoms with Crippen LogP contribution in [-0.2, 0) is 4.79 Å². The van der Waals surface area contributed by atoms with Crippen molar-refractivity contribution in [1.29, 1.82) is 0 Å². The molecule has 1 aromatic heterocycles. The quantitative estimate of drug-likeness (QED) is 0.702. The first-order valence-electron chi connectivity index (χ1n) is 7.54. The lowest BCUT2D eigenvalue weighted by atomic mass is 9.96. The molecule has 0 saturated carbocycles. The predicted octanol–water partition coefficient (Wildman–Crippen LogP) is 3.43. The van der Waals surface area contributed by atoms with Crippen LogP contribution in [0.4, 0.5) is 5.00 Å². The van der Waals surface area contributed by atoms with Gasteiger partial charge in [-0.15, -0.1) is 11.3 Å². The fraction of sp³-hybridized carbons (Fsp3) is 0.294. The number of nitrogens with two attached hydrogens (primary N) is 1. The number of halogens is 1. The molecule has 0 aliphatic heterocycles. The molecule has 2 aromatic rings. The van der Waals surface area contributed by atoms with E-state index in [-0.39, 0.29) is 18.5 Å². The van der Waals surface area contributed by atoms with Gasteiger partial charge in [-0.3, -0.25) is 9.59 Å². The van der Waals surface area contributed by atoms with Crippen molar-refractivity contribution in [3.05, 3.63) is 51.9 Å². The topological polar surface area (TPSA) is 84.2 Å². The van der Waals surface area contributed by atoms with Crippen molar-refractivity contribution >= 4 is 39.8 Å². The van der Waals surface area contributed by atoms with Crippen molar-refractivity contribution in [3.63, 3.8) is 0 Å². The normalized spacial score (nSPS) is 12.2. The Labute approximate surface area is 150 Å². The number of benzene rings is 1. The van der Waals surface area contributed by atoms with Gasteiger partial charge in [-0.1, -0.05) is 37.6 Å². The van der Waals surface area contributed by atoms with Gasteiger partial charge in [-0.2, -0.15) is 0 Å². The highest BCUT2D eigenvalue weighted by atomic mass is 35.5. The van der Waals surface area contributed by atoms with Crippen molar-refractivity contribution in [2.75, 3.05) is 11.9 Å². The lowest BCUT2D eigenvalue weighted by Crippen LogP contribution is -2.33. The minimum absolute atomic E-state index is 0.0203. The summed E-state index contributed by atoms with van der Waals surface area (Å²) >= 11 is 7.19. The van der Waals surface area contributed by atoms with Crippen molar-refractivity contribution in [2.24, 2.45) is 11.7 Å². The fourth-order valence-electron chi connectivity index (χ4n) is 2.38. The molecule has 1 atom stereocenters. The molecule has 0 bridgehead atoms. The molecule has 0 radical (unpaired) electrons. The molecule has 128 valence electrons. The Balaban J connectivity index is 1.99. The Bertz CT molecular complexity index is 713. The Morgan fingerprint density at radius 3 is 2.46 bits per heavy atom. The van der Waals surface area contributed by atoms with Crippen LogP contribution >= 0.6 is 22.9 Å². The molecule has 1 heterocycles. The van der Waals surface area contributed by atoms with Gasteiger partial charge >= 0.3 is 0 Å². The molecule has 2 amide bonds. The van der Waals surface area contributed by atoms with Crippen LogP contribution in [0.25, 0.3) is 0 Å². The van der Waals surface area contributed by atoms with Crippen LogP contribution < -0.4 is 16.4 Å². The lowest BCUT2D eigenvalue weighted by molar-refractivity contribution is -0.115. The maximum Gasteiger partial charge on any atom is 0.251 e. The molecule has 0 aliphatic rings. The van der Waals surface area contributed by atoms with E-state index in [1.54, 1.807) is 11.4 Å². The third-order valence-electron chi connectivity index (χ3n) is 3.56. The molecule has 7 heteroatoms. The summed E-state index contributed by atoms with van der Waals surface area (Å²) in [4.78, 5) is 23.4. The second-order valence-corrected chi connectivity index (χ2v) is 7.08. The average molecular weight is 366 g/mol. The molecule has 24 heavy (non-hydrogen) atoms. The van der Waals surface area contributed by atoms with Crippen molar-refractivity contribution in [1.82, 2.24) is 5.32 Å². The molecule has 5 nitrogen and oxygen atoms in total. The van der Waals surface area contributed by atoms with E-state index in [1.165, 1.54) is 11.3 Å². The molecule has 0 spiro atoms. The number of hydrogen-bond donors (Lipinski definition) is 3. The number of carbonyl (C=O) groups is 2. The van der Waals surface area contributed by atoms with Gasteiger partial charge in [0, 0.05) is 11.1 Å². The zero-order valence-corrected chi connectivity index (χ0v) is 15.1. The van der Waals surface area contributed by atoms with Crippen LogP contribution in [-0.4, -0.2) is 18.4 Å². The summed E-state index contributed by atoms with van der Waals surface area (Å²) < 4.78 is 0. The van der Waals surface area contributed by atoms with E-state index in [0.29, 0.717) is 21.5 Å². The minimum atomic E-state index is -0.555. The van der Waals surface area contributed by atoms with Crippen LogP contribution in [0.1, 0.15) is 35.8 Å². The Kier molecular flexibility index (Phi) is 6.36. The zero-order chi connectivity index (χ0) is 17.7. The minimum Gasteiger partial charge on any atom is -0.366 e. The zero-order valence-electron chi connectivity index (χ0n) is 13.5. The first-order valence-corrected chi connectivity index (χ1v) is 8.80. The summed E-state index contributed by atoms with van der Waals surface area (Å²) in [7, 11) is 0. The summed E-state index contributed by atoms with van der Waals surface area (Å²) in [5, 5.41) is 8.84. The number of amides is 2. The van der Waals surface area contributed by atoms with Crippen LogP contribution in [0.5, 0.6) is 0 Å². The monoisotopic (exact) mass is 365 g/mol. The van der Waals surface area contributed by atoms with E-state index >= 15 is 0 Å². The third kappa shape index (κ3) is 4.80. The summed E-state index contributed by atoms with van der Waals surface area (Å²) in [5.74, 6) is -0.484. The van der Waals surface area contributed by atoms with Gasteiger partial charge in [-0.05, 0) is 35.1 Å². The van der Waals surface area contributed by atoms with Crippen molar-refractivity contribution in [2.45, 2.75) is 19.9 Å². The summed E-state index contributed by atoms with van der Waals surface area (Å²) in [6, 6.07) is 9.18. The first kappa shape index (κ1) is 18.4. The van der Waals surface area contributed by atoms with Gasteiger partial charge < -0.3 is 16.4 Å². The van der Waals surface area contributed by atoms with E-state index < -0.39 is 5.91 Å². The predicted molar refractivity (Wildman–Crippen MR) is 98.5 cm³/mol. The number of hydrogen-bond acceptors (Lipinski definition) is 4. The number of carbonyl (C=O) groups excluding carboxylic acids is 2. The number of rotatable bonds is 7. The largest absolute Gasteiger partial charge is 0.366 e. The maximum absolute atomic E-state index is 12.2. The summed E-state index contributed by atoms with van der Waals surface area (Å²) in [6.45, 7) is 4.28. The van der Waals surface area contributed by atoms with Crippen molar-refractivity contribution < 1.29 is 9.59 Å². The van der Waals surface area contributed by atoms with Gasteiger partial charge in [-0.25, -0.2) is 0 Å². The number of thiophene rings is 1. The lowest BCUT2D eigenvalue weighted by Gasteiger charge is -2.23. The molecule has 1 unspecified atom stereocenters. The Morgan fingerprint density at radius 1 is 1.21 bits per heavy atom. The Hall–Kier alpha value is -1.89. The van der Waals surface area contributed by atoms with E-state index in [0.717, 1.165) is 5.56 Å². The number of anilines is 1. The van der Waals surface area contributed by atoms with E-state index in [4.69, 9.17) is 17.3 Å². The molecule has 0 aliphatic carbocycles.